The molecule has 8 aromatic carbocycles. The van der Waals surface area contributed by atoms with Gasteiger partial charge in [0.1, 0.15) is 98.9 Å². The first-order valence-electron chi connectivity index (χ1n) is 59.3. The summed E-state index contributed by atoms with van der Waals surface area (Å²) in [6, 6.07) is 76.9. The highest BCUT2D eigenvalue weighted by Crippen LogP contribution is 2.41. The van der Waals surface area contributed by atoms with E-state index in [1.165, 1.54) is 356 Å². The van der Waals surface area contributed by atoms with Gasteiger partial charge in [-0.15, -0.1) is 0 Å². The molecule has 12 heteroatoms. The minimum atomic E-state index is 0.390. The third kappa shape index (κ3) is 41.6. The van der Waals surface area contributed by atoms with Crippen LogP contribution in [-0.4, -0.2) is 72.8 Å². The van der Waals surface area contributed by atoms with Crippen LogP contribution in [0.3, 0.4) is 0 Å². The number of rotatable bonds is 80. The predicted octanol–water partition coefficient (Wildman–Crippen LogP) is 39.7. The Balaban J connectivity index is 0.734. The molecule has 3 aromatic heterocycles. The number of ether oxygens (including phenoxy) is 8. The Morgan fingerprint density at radius 2 is 0.331 bits per heavy atom. The normalized spacial score (nSPS) is 11.7. The van der Waals surface area contributed by atoms with Crippen molar-refractivity contribution in [2.24, 2.45) is 0 Å². The van der Waals surface area contributed by atoms with Crippen LogP contribution >= 0.6 is 0 Å². The van der Waals surface area contributed by atoms with Gasteiger partial charge in [-0.25, -0.2) is 9.97 Å². The minimum Gasteiger partial charge on any atom is -0.490 e. The Bertz CT molecular complexity index is 5040. The van der Waals surface area contributed by atoms with Crippen molar-refractivity contribution in [2.75, 3.05) is 52.9 Å². The zero-order valence-electron chi connectivity index (χ0n) is 91.5. The van der Waals surface area contributed by atoms with Crippen molar-refractivity contribution in [3.8, 4) is 90.5 Å². The van der Waals surface area contributed by atoms with E-state index in [4.69, 9.17) is 47.9 Å². The van der Waals surface area contributed by atoms with Crippen molar-refractivity contribution in [2.45, 2.75) is 387 Å². The number of H-pyrrole nitrogens is 2. The standard InChI is InChI=1S/C136H182N4O8/c1-5-9-13-17-21-25-29-33-37-41-45-49-53-61-109-65-57-69-121(105-109)145-101-97-141-117-81-73-113(74-82-117)133-125-89-91-127(137-125)134(114-75-83-118(84-76-114)142-98-102-146-122-70-58-66-110(106-122)62-54-50-46-42-38-34-30-26-22-18-14-10-6-2)129-93-95-131(139-129)136(116-79-87-120(88-80-116)144-100-104-148-124-72-60-68-112(108-124)64-56-52-48-44-40-36-32-28-24-20-16-12-8-4)132-96-94-130(140-132)135(128-92-90-126(133)138-128)115-77-85-119(86-78-115)143-99-103-147-123-71-59-67-111(107-123)63-55-51-47-43-39-35-31-27-23-19-15-11-7-3/h57-60,65-96,105-108,137,140H,5-56,61-64,97-104H2,1-4H3. The van der Waals surface area contributed by atoms with Gasteiger partial charge in [-0.1, -0.05) is 433 Å². The number of hydrogen-bond donors (Lipinski definition) is 2. The molecule has 148 heavy (non-hydrogen) atoms. The molecule has 0 saturated heterocycles. The lowest BCUT2D eigenvalue weighted by Crippen LogP contribution is -2.09. The molecule has 0 radical (unpaired) electrons. The first kappa shape index (κ1) is 114. The van der Waals surface area contributed by atoms with Gasteiger partial charge in [0.2, 0.25) is 0 Å². The van der Waals surface area contributed by atoms with Gasteiger partial charge >= 0.3 is 0 Å². The highest BCUT2D eigenvalue weighted by molar-refractivity contribution is 6.00. The molecule has 12 nitrogen and oxygen atoms in total. The quantitative estimate of drug-likeness (QED) is 0.0355. The van der Waals surface area contributed by atoms with Gasteiger partial charge in [0.15, 0.2) is 0 Å². The molecule has 11 aromatic rings. The fourth-order valence-electron chi connectivity index (χ4n) is 21.1. The topological polar surface area (TPSA) is 131 Å². The second kappa shape index (κ2) is 69.2. The zero-order valence-corrected chi connectivity index (χ0v) is 91.5. The smallest absolute Gasteiger partial charge is 0.122 e. The summed E-state index contributed by atoms with van der Waals surface area (Å²) in [7, 11) is 0. The average molecular weight is 2000 g/mol. The third-order valence-electron chi connectivity index (χ3n) is 29.7. The molecule has 0 unspecified atom stereocenters. The summed E-state index contributed by atoms with van der Waals surface area (Å²) < 4.78 is 51.5. The number of fused-ring (bicyclic) bond motifs is 8. The van der Waals surface area contributed by atoms with Crippen LogP contribution < -0.4 is 37.9 Å². The Morgan fingerprint density at radius 3 is 0.507 bits per heavy atom. The molecule has 0 fully saturated rings. The second-order valence-corrected chi connectivity index (χ2v) is 41.9. The van der Waals surface area contributed by atoms with E-state index in [0.29, 0.717) is 52.9 Å². The molecule has 0 atom stereocenters. The summed E-state index contributed by atoms with van der Waals surface area (Å²) in [6.07, 6.45) is 83.3. The Labute approximate surface area is 892 Å². The van der Waals surface area contributed by atoms with Crippen molar-refractivity contribution < 1.29 is 37.9 Å². The fraction of sp³-hybridized carbons (Fsp3) is 0.500. The summed E-state index contributed by atoms with van der Waals surface area (Å²) in [5.74, 6) is 6.53. The number of benzene rings is 8. The molecule has 2 N–H and O–H groups in total. The van der Waals surface area contributed by atoms with Crippen LogP contribution in [0.2, 0.25) is 0 Å². The Hall–Kier alpha value is -11.2. The van der Waals surface area contributed by atoms with Crippen molar-refractivity contribution in [1.29, 1.82) is 0 Å². The van der Waals surface area contributed by atoms with Crippen LogP contribution in [-0.2, 0) is 25.7 Å². The lowest BCUT2D eigenvalue weighted by molar-refractivity contribution is 0.217. The maximum absolute atomic E-state index is 6.49. The van der Waals surface area contributed by atoms with Crippen LogP contribution in [0.15, 0.2) is 218 Å². The molecule has 2 aliphatic heterocycles. The first-order valence-corrected chi connectivity index (χ1v) is 59.3. The lowest BCUT2D eigenvalue weighted by atomic mass is 10.0. The maximum Gasteiger partial charge on any atom is 0.122 e. The van der Waals surface area contributed by atoms with E-state index in [0.717, 1.165) is 161 Å². The van der Waals surface area contributed by atoms with Crippen LogP contribution in [0.1, 0.15) is 407 Å². The molecule has 5 heterocycles. The van der Waals surface area contributed by atoms with E-state index < -0.39 is 0 Å². The number of aryl methyl sites for hydroxylation is 4. The molecule has 0 spiro atoms. The summed E-state index contributed by atoms with van der Waals surface area (Å²) in [5, 5.41) is 0. The molecule has 794 valence electrons. The largest absolute Gasteiger partial charge is 0.490 e. The predicted molar refractivity (Wildman–Crippen MR) is 628 cm³/mol. The number of unbranched alkanes of at least 4 members (excludes halogenated alkanes) is 48. The van der Waals surface area contributed by atoms with Crippen LogP contribution in [0.5, 0.6) is 46.0 Å². The van der Waals surface area contributed by atoms with Crippen molar-refractivity contribution in [1.82, 2.24) is 19.9 Å². The molecule has 0 amide bonds. The number of nitrogens with zero attached hydrogens (tertiary/aromatic N) is 2. The second-order valence-electron chi connectivity index (χ2n) is 41.9. The van der Waals surface area contributed by atoms with Crippen molar-refractivity contribution >= 4 is 46.4 Å². The van der Waals surface area contributed by atoms with Crippen LogP contribution in [0.25, 0.3) is 90.9 Å². The number of aromatic nitrogens is 4. The van der Waals surface area contributed by atoms with Gasteiger partial charge in [-0.3, -0.25) is 0 Å². The minimum absolute atomic E-state index is 0.390. The molecular formula is C136H182N4O8. The van der Waals surface area contributed by atoms with Crippen molar-refractivity contribution in [3.63, 3.8) is 0 Å². The fourth-order valence-corrected chi connectivity index (χ4v) is 21.1. The van der Waals surface area contributed by atoms with Gasteiger partial charge < -0.3 is 47.9 Å². The average Bonchev–Trinajstić information content (AvgIpc) is 1.61. The SMILES string of the molecule is CCCCCCCCCCCCCCCc1cccc(OCCOc2ccc(-c3c4nc(c(-c5ccc(OCCOc6cccc(CCCCCCCCCCCCCCC)c6)cc5)c5ccc([nH]5)c(-c5ccc(OCCOc6cccc(CCCCCCCCCCCCCCC)c6)cc5)c5nc(c(-c6ccc(OCCOc7cccc(CCCCCCCCCCCCCCC)c7)cc6)c6ccc3[nH]6)C=C5)C=C4)cc2)c1. The summed E-state index contributed by atoms with van der Waals surface area (Å²) in [4.78, 5) is 19.5. The summed E-state index contributed by atoms with van der Waals surface area (Å²) in [5.41, 5.74) is 19.6. The third-order valence-corrected chi connectivity index (χ3v) is 29.7. The van der Waals surface area contributed by atoms with Gasteiger partial charge in [-0.05, 0) is 242 Å². The number of nitrogens with one attached hydrogen (secondary N) is 2. The molecule has 2 aliphatic rings. The highest BCUT2D eigenvalue weighted by atomic mass is 16.5. The number of hydrogen-bond acceptors (Lipinski definition) is 10. The Kier molecular flexibility index (Phi) is 53.3. The molecule has 0 aliphatic carbocycles. The summed E-state index contributed by atoms with van der Waals surface area (Å²) >= 11 is 0. The molecular weight excluding hydrogens is 1820 g/mol. The molecule has 0 saturated carbocycles. The summed E-state index contributed by atoms with van der Waals surface area (Å²) in [6.45, 7) is 12.4. The molecule has 8 bridgehead atoms. The highest BCUT2D eigenvalue weighted by Gasteiger charge is 2.22. The van der Waals surface area contributed by atoms with Crippen LogP contribution in [0, 0.1) is 0 Å². The number of aromatic amines is 2. The Morgan fingerprint density at radius 1 is 0.169 bits per heavy atom. The van der Waals surface area contributed by atoms with E-state index in [1.807, 2.05) is 0 Å². The van der Waals surface area contributed by atoms with Crippen LogP contribution in [0.4, 0.5) is 0 Å². The van der Waals surface area contributed by atoms with Crippen molar-refractivity contribution in [3.05, 3.63) is 263 Å². The van der Waals surface area contributed by atoms with E-state index in [1.54, 1.807) is 0 Å². The molecule has 13 rings (SSSR count). The van der Waals surface area contributed by atoms with E-state index in [2.05, 4.69) is 280 Å². The zero-order chi connectivity index (χ0) is 102. The van der Waals surface area contributed by atoms with E-state index >= 15 is 0 Å². The lowest BCUT2D eigenvalue weighted by Gasteiger charge is -2.11. The van der Waals surface area contributed by atoms with Gasteiger partial charge in [0, 0.05) is 44.3 Å². The monoisotopic (exact) mass is 2000 g/mol. The maximum atomic E-state index is 6.49. The van der Waals surface area contributed by atoms with E-state index in [-0.39, 0.29) is 0 Å². The van der Waals surface area contributed by atoms with E-state index in [9.17, 15) is 0 Å². The van der Waals surface area contributed by atoms with Gasteiger partial charge in [0.25, 0.3) is 0 Å². The first-order chi connectivity index (χ1) is 73.3. The van der Waals surface area contributed by atoms with Gasteiger partial charge in [0.05, 0.1) is 22.8 Å². The van der Waals surface area contributed by atoms with Gasteiger partial charge in [-0.2, -0.15) is 0 Å².